The van der Waals surface area contributed by atoms with Crippen molar-refractivity contribution in [3.63, 3.8) is 0 Å². The van der Waals surface area contributed by atoms with Gasteiger partial charge in [0.15, 0.2) is 0 Å². The fraction of sp³-hybridized carbons (Fsp3) is 0.667. The molecular formula is C15H24N2S. The van der Waals surface area contributed by atoms with Gasteiger partial charge in [0.25, 0.3) is 0 Å². The van der Waals surface area contributed by atoms with Crippen molar-refractivity contribution in [1.29, 1.82) is 0 Å². The number of aromatic nitrogens is 1. The summed E-state index contributed by atoms with van der Waals surface area (Å²) in [5, 5.41) is 5.40. The smallest absolute Gasteiger partial charge is 0.0962 e. The zero-order valence-corrected chi connectivity index (χ0v) is 12.1. The highest BCUT2D eigenvalue weighted by Crippen LogP contribution is 2.32. The number of nitrogens with zero attached hydrogens (tertiary/aromatic N) is 1. The molecule has 0 radical (unpaired) electrons. The molecule has 2 nitrogen and oxygen atoms in total. The van der Waals surface area contributed by atoms with E-state index in [1.165, 1.54) is 49.1 Å². The van der Waals surface area contributed by atoms with Crippen molar-refractivity contribution in [2.75, 3.05) is 6.54 Å². The van der Waals surface area contributed by atoms with Crippen molar-refractivity contribution < 1.29 is 0 Å². The zero-order valence-electron chi connectivity index (χ0n) is 11.3. The molecule has 1 aromatic heterocycles. The summed E-state index contributed by atoms with van der Waals surface area (Å²) in [6.07, 6.45) is 10.2. The molecule has 1 saturated carbocycles. The predicted molar refractivity (Wildman–Crippen MR) is 79.0 cm³/mol. The van der Waals surface area contributed by atoms with Crippen LogP contribution in [-0.2, 0) is 6.54 Å². The van der Waals surface area contributed by atoms with Gasteiger partial charge in [0.05, 0.1) is 5.03 Å². The van der Waals surface area contributed by atoms with Crippen LogP contribution in [0.3, 0.4) is 0 Å². The molecule has 0 bridgehead atoms. The van der Waals surface area contributed by atoms with Gasteiger partial charge in [-0.3, -0.25) is 0 Å². The van der Waals surface area contributed by atoms with Gasteiger partial charge in [-0.15, -0.1) is 11.8 Å². The van der Waals surface area contributed by atoms with E-state index < -0.39 is 0 Å². The fourth-order valence-corrected chi connectivity index (χ4v) is 3.52. The van der Waals surface area contributed by atoms with Gasteiger partial charge in [-0.05, 0) is 37.4 Å². The van der Waals surface area contributed by atoms with Crippen LogP contribution in [-0.4, -0.2) is 16.8 Å². The van der Waals surface area contributed by atoms with E-state index in [4.69, 9.17) is 0 Å². The van der Waals surface area contributed by atoms with Gasteiger partial charge in [-0.25, -0.2) is 4.98 Å². The van der Waals surface area contributed by atoms with E-state index in [1.54, 1.807) is 0 Å². The second-order valence-electron chi connectivity index (χ2n) is 5.06. The average Bonchev–Trinajstić information content (AvgIpc) is 2.42. The molecule has 0 unspecified atom stereocenters. The largest absolute Gasteiger partial charge is 0.313 e. The normalized spacial score (nSPS) is 16.9. The Morgan fingerprint density at radius 2 is 2.11 bits per heavy atom. The van der Waals surface area contributed by atoms with Crippen LogP contribution in [0.15, 0.2) is 23.4 Å². The lowest BCUT2D eigenvalue weighted by atomic mass is 10.0. The van der Waals surface area contributed by atoms with Crippen LogP contribution in [0.25, 0.3) is 0 Å². The standard InChI is InChI=1S/C15H24N2S/c1-2-10-16-11-13-8-9-15(17-12-13)18-14-6-4-3-5-7-14/h8-9,12,14,16H,2-7,10-11H2,1H3. The maximum Gasteiger partial charge on any atom is 0.0962 e. The van der Waals surface area contributed by atoms with Gasteiger partial charge in [-0.1, -0.05) is 32.3 Å². The van der Waals surface area contributed by atoms with E-state index in [9.17, 15) is 0 Å². The Bertz CT molecular complexity index is 331. The third-order valence-electron chi connectivity index (χ3n) is 3.39. The molecule has 0 saturated heterocycles. The SMILES string of the molecule is CCCNCc1ccc(SC2CCCCC2)nc1. The summed E-state index contributed by atoms with van der Waals surface area (Å²) < 4.78 is 0. The first-order valence-electron chi connectivity index (χ1n) is 7.21. The molecule has 1 aliphatic rings. The van der Waals surface area contributed by atoms with Crippen LogP contribution in [0.4, 0.5) is 0 Å². The Hall–Kier alpha value is -0.540. The molecule has 100 valence electrons. The van der Waals surface area contributed by atoms with E-state index in [-0.39, 0.29) is 0 Å². The van der Waals surface area contributed by atoms with Gasteiger partial charge in [-0.2, -0.15) is 0 Å². The number of nitrogens with one attached hydrogen (secondary N) is 1. The van der Waals surface area contributed by atoms with Crippen molar-refractivity contribution in [2.24, 2.45) is 0 Å². The van der Waals surface area contributed by atoms with E-state index >= 15 is 0 Å². The summed E-state index contributed by atoms with van der Waals surface area (Å²) in [5.41, 5.74) is 1.29. The molecule has 0 amide bonds. The summed E-state index contributed by atoms with van der Waals surface area (Å²) in [5.74, 6) is 0. The maximum atomic E-state index is 4.57. The Morgan fingerprint density at radius 1 is 1.28 bits per heavy atom. The molecule has 2 rings (SSSR count). The Morgan fingerprint density at radius 3 is 2.78 bits per heavy atom. The first-order chi connectivity index (χ1) is 8.88. The topological polar surface area (TPSA) is 24.9 Å². The molecule has 1 N–H and O–H groups in total. The van der Waals surface area contributed by atoms with Crippen LogP contribution in [0.2, 0.25) is 0 Å². The van der Waals surface area contributed by atoms with Crippen molar-refractivity contribution in [1.82, 2.24) is 10.3 Å². The van der Waals surface area contributed by atoms with Crippen LogP contribution in [0, 0.1) is 0 Å². The fourth-order valence-electron chi connectivity index (χ4n) is 2.35. The molecule has 0 aromatic carbocycles. The van der Waals surface area contributed by atoms with Crippen molar-refractivity contribution in [2.45, 2.75) is 62.3 Å². The predicted octanol–water partition coefficient (Wildman–Crippen LogP) is 4.01. The molecule has 0 aliphatic heterocycles. The molecule has 1 heterocycles. The van der Waals surface area contributed by atoms with E-state index in [0.717, 1.165) is 18.3 Å². The minimum atomic E-state index is 0.801. The Kier molecular flexibility index (Phi) is 6.01. The first-order valence-corrected chi connectivity index (χ1v) is 8.08. The second kappa shape index (κ2) is 7.80. The van der Waals surface area contributed by atoms with Crippen molar-refractivity contribution in [3.05, 3.63) is 23.9 Å². The lowest BCUT2D eigenvalue weighted by Crippen LogP contribution is -2.14. The number of hydrogen-bond acceptors (Lipinski definition) is 3. The Labute approximate surface area is 115 Å². The zero-order chi connectivity index (χ0) is 12.6. The highest BCUT2D eigenvalue weighted by atomic mass is 32.2. The third-order valence-corrected chi connectivity index (χ3v) is 4.68. The summed E-state index contributed by atoms with van der Waals surface area (Å²) >= 11 is 1.97. The molecule has 1 aliphatic carbocycles. The minimum Gasteiger partial charge on any atom is -0.313 e. The van der Waals surface area contributed by atoms with Gasteiger partial charge >= 0.3 is 0 Å². The van der Waals surface area contributed by atoms with Crippen molar-refractivity contribution >= 4 is 11.8 Å². The monoisotopic (exact) mass is 264 g/mol. The lowest BCUT2D eigenvalue weighted by Gasteiger charge is -2.20. The highest BCUT2D eigenvalue weighted by Gasteiger charge is 2.14. The Balaban J connectivity index is 1.79. The molecule has 1 fully saturated rings. The van der Waals surface area contributed by atoms with Gasteiger partial charge in [0.2, 0.25) is 0 Å². The summed E-state index contributed by atoms with van der Waals surface area (Å²) in [7, 11) is 0. The molecule has 0 spiro atoms. The molecule has 3 heteroatoms. The van der Waals surface area contributed by atoms with E-state index in [1.807, 2.05) is 18.0 Å². The van der Waals surface area contributed by atoms with Gasteiger partial charge < -0.3 is 5.32 Å². The van der Waals surface area contributed by atoms with Crippen LogP contribution >= 0.6 is 11.8 Å². The van der Waals surface area contributed by atoms with E-state index in [2.05, 4.69) is 29.4 Å². The van der Waals surface area contributed by atoms with Gasteiger partial charge in [0, 0.05) is 18.0 Å². The molecule has 0 atom stereocenters. The van der Waals surface area contributed by atoms with Crippen molar-refractivity contribution in [3.8, 4) is 0 Å². The number of rotatable bonds is 6. The molecule has 1 aromatic rings. The van der Waals surface area contributed by atoms with Crippen LogP contribution < -0.4 is 5.32 Å². The number of pyridine rings is 1. The van der Waals surface area contributed by atoms with Crippen LogP contribution in [0.1, 0.15) is 51.0 Å². The first kappa shape index (κ1) is 13.9. The van der Waals surface area contributed by atoms with Gasteiger partial charge in [0.1, 0.15) is 0 Å². The average molecular weight is 264 g/mol. The summed E-state index contributed by atoms with van der Waals surface area (Å²) in [6.45, 7) is 4.21. The number of hydrogen-bond donors (Lipinski definition) is 1. The summed E-state index contributed by atoms with van der Waals surface area (Å²) in [6, 6.07) is 4.39. The third kappa shape index (κ3) is 4.62. The highest BCUT2D eigenvalue weighted by molar-refractivity contribution is 7.99. The quantitative estimate of drug-likeness (QED) is 0.786. The number of thioether (sulfide) groups is 1. The minimum absolute atomic E-state index is 0.801. The molecular weight excluding hydrogens is 240 g/mol. The second-order valence-corrected chi connectivity index (χ2v) is 6.38. The van der Waals surface area contributed by atoms with Crippen LogP contribution in [0.5, 0.6) is 0 Å². The summed E-state index contributed by atoms with van der Waals surface area (Å²) in [4.78, 5) is 4.57. The molecule has 18 heavy (non-hydrogen) atoms. The lowest BCUT2D eigenvalue weighted by molar-refractivity contribution is 0.515. The maximum absolute atomic E-state index is 4.57. The van der Waals surface area contributed by atoms with E-state index in [0.29, 0.717) is 0 Å².